The molecule has 21 heavy (non-hydrogen) atoms. The van der Waals surface area contributed by atoms with Crippen molar-refractivity contribution in [2.24, 2.45) is 7.05 Å². The van der Waals surface area contributed by atoms with Gasteiger partial charge >= 0.3 is 127 Å². The minimum absolute atomic E-state index is 0.127. The summed E-state index contributed by atoms with van der Waals surface area (Å²) in [5.41, 5.74) is 2.99. The van der Waals surface area contributed by atoms with Gasteiger partial charge in [-0.1, -0.05) is 0 Å². The fraction of sp³-hybridized carbons (Fsp3) is 0.125. The molecule has 2 aromatic carbocycles. The van der Waals surface area contributed by atoms with Crippen LogP contribution in [-0.4, -0.2) is 24.2 Å². The number of benzene rings is 2. The van der Waals surface area contributed by atoms with E-state index in [1.807, 2.05) is 18.2 Å². The summed E-state index contributed by atoms with van der Waals surface area (Å²) in [7, 11) is 1.77. The first-order valence-electron chi connectivity index (χ1n) is 6.38. The maximum absolute atomic E-state index is 11.7. The van der Waals surface area contributed by atoms with E-state index >= 15 is 0 Å². The van der Waals surface area contributed by atoms with E-state index in [0.29, 0.717) is 5.56 Å². The normalized spacial score (nSPS) is 12.2. The second-order valence-corrected chi connectivity index (χ2v) is 6.87. The molecule has 0 spiro atoms. The molecule has 1 aromatic heterocycles. The van der Waals surface area contributed by atoms with Gasteiger partial charge in [0.15, 0.2) is 0 Å². The van der Waals surface area contributed by atoms with Gasteiger partial charge in [-0.3, -0.25) is 0 Å². The van der Waals surface area contributed by atoms with Crippen molar-refractivity contribution >= 4 is 24.3 Å². The zero-order chi connectivity index (χ0) is 15.0. The van der Waals surface area contributed by atoms with Gasteiger partial charge in [0.2, 0.25) is 0 Å². The molecule has 1 atom stereocenters. The monoisotopic (exact) mass is 344 g/mol. The van der Waals surface area contributed by atoms with Crippen LogP contribution in [0.2, 0.25) is 0 Å². The first kappa shape index (κ1) is 13.8. The third-order valence-electron chi connectivity index (χ3n) is 3.49. The number of aliphatic hydroxyl groups excluding tert-OH is 1. The summed E-state index contributed by atoms with van der Waals surface area (Å²) in [6.45, 7) is 0. The Hall–Kier alpha value is -2.12. The van der Waals surface area contributed by atoms with Crippen LogP contribution in [0.3, 0.4) is 0 Å². The molecule has 1 unspecified atom stereocenters. The van der Waals surface area contributed by atoms with Crippen LogP contribution in [0.4, 0.5) is 0 Å². The van der Waals surface area contributed by atoms with Gasteiger partial charge in [0.05, 0.1) is 0 Å². The van der Waals surface area contributed by atoms with Gasteiger partial charge in [0.25, 0.3) is 0 Å². The third-order valence-corrected chi connectivity index (χ3v) is 5.58. The van der Waals surface area contributed by atoms with Crippen molar-refractivity contribution in [1.82, 2.24) is 4.57 Å². The number of aliphatic hydroxyl groups is 1. The van der Waals surface area contributed by atoms with Crippen molar-refractivity contribution < 1.29 is 5.11 Å². The van der Waals surface area contributed by atoms with E-state index in [4.69, 9.17) is 5.26 Å². The Labute approximate surface area is 127 Å². The van der Waals surface area contributed by atoms with Crippen LogP contribution in [0.15, 0.2) is 47.3 Å². The van der Waals surface area contributed by atoms with Crippen molar-refractivity contribution in [3.05, 3.63) is 68.4 Å². The van der Waals surface area contributed by atoms with Crippen LogP contribution in [0.25, 0.3) is 9.78 Å². The van der Waals surface area contributed by atoms with Crippen LogP contribution < -0.4 is 4.43 Å². The molecule has 0 aliphatic heterocycles. The predicted octanol–water partition coefficient (Wildman–Crippen LogP) is 1.55. The number of rotatable bonds is 2. The molecule has 0 radical (unpaired) electrons. The average molecular weight is 343 g/mol. The standard InChI is InChI=1S/C16H12N2O2Se/c1-18-13-7-6-12(8-14(13)21-16(18)20)15(19)11-4-2-10(9-17)3-5-11/h2-8,15,19H,1H3. The molecule has 0 aliphatic rings. The summed E-state index contributed by atoms with van der Waals surface area (Å²) in [6, 6.07) is 14.5. The van der Waals surface area contributed by atoms with Crippen molar-refractivity contribution in [1.29, 1.82) is 5.26 Å². The first-order chi connectivity index (χ1) is 10.1. The molecule has 0 saturated carbocycles. The van der Waals surface area contributed by atoms with Gasteiger partial charge in [-0.25, -0.2) is 0 Å². The molecule has 104 valence electrons. The van der Waals surface area contributed by atoms with Gasteiger partial charge in [0, 0.05) is 0 Å². The van der Waals surface area contributed by atoms with Crippen molar-refractivity contribution in [2.75, 3.05) is 0 Å². The van der Waals surface area contributed by atoms with Gasteiger partial charge < -0.3 is 0 Å². The Morgan fingerprint density at radius 1 is 1.19 bits per heavy atom. The van der Waals surface area contributed by atoms with E-state index in [0.717, 1.165) is 20.9 Å². The van der Waals surface area contributed by atoms with Crippen LogP contribution in [0, 0.1) is 11.3 Å². The Kier molecular flexibility index (Phi) is 3.52. The zero-order valence-electron chi connectivity index (χ0n) is 11.3. The number of fused-ring (bicyclic) bond motifs is 1. The van der Waals surface area contributed by atoms with Crippen molar-refractivity contribution in [2.45, 2.75) is 6.10 Å². The summed E-state index contributed by atoms with van der Waals surface area (Å²) in [6.07, 6.45) is -0.750. The Morgan fingerprint density at radius 2 is 1.86 bits per heavy atom. The number of aromatic nitrogens is 1. The molecular formula is C16H12N2O2Se. The van der Waals surface area contributed by atoms with E-state index in [-0.39, 0.29) is 18.9 Å². The van der Waals surface area contributed by atoms with Gasteiger partial charge in [-0.05, 0) is 0 Å². The fourth-order valence-electron chi connectivity index (χ4n) is 2.25. The van der Waals surface area contributed by atoms with E-state index in [2.05, 4.69) is 6.07 Å². The SMILES string of the molecule is Cn1c(=O)[se]c2cc(C(O)c3ccc(C#N)cc3)ccc21. The molecule has 0 saturated heterocycles. The fourth-order valence-corrected chi connectivity index (χ4v) is 4.20. The quantitative estimate of drug-likeness (QED) is 0.718. The Bertz CT molecular complexity index is 901. The predicted molar refractivity (Wildman–Crippen MR) is 81.3 cm³/mol. The minimum atomic E-state index is -0.750. The second kappa shape index (κ2) is 5.34. The summed E-state index contributed by atoms with van der Waals surface area (Å²) < 4.78 is 2.79. The van der Waals surface area contributed by atoms with Crippen LogP contribution in [-0.2, 0) is 7.05 Å². The van der Waals surface area contributed by atoms with Gasteiger partial charge in [0.1, 0.15) is 0 Å². The van der Waals surface area contributed by atoms with Crippen LogP contribution in [0.5, 0.6) is 0 Å². The van der Waals surface area contributed by atoms with E-state index in [9.17, 15) is 9.90 Å². The molecule has 0 fully saturated rings. The first-order valence-corrected chi connectivity index (χ1v) is 8.09. The molecule has 3 rings (SSSR count). The van der Waals surface area contributed by atoms with Crippen LogP contribution >= 0.6 is 0 Å². The summed E-state index contributed by atoms with van der Waals surface area (Å²) >= 11 is -0.218. The molecule has 0 aliphatic carbocycles. The molecule has 1 N–H and O–H groups in total. The average Bonchev–Trinajstić information content (AvgIpc) is 2.81. The Morgan fingerprint density at radius 3 is 2.52 bits per heavy atom. The van der Waals surface area contributed by atoms with Crippen molar-refractivity contribution in [3.8, 4) is 6.07 Å². The van der Waals surface area contributed by atoms with E-state index < -0.39 is 6.10 Å². The zero-order valence-corrected chi connectivity index (χ0v) is 13.0. The second-order valence-electron chi connectivity index (χ2n) is 4.79. The molecule has 4 nitrogen and oxygen atoms in total. The topological polar surface area (TPSA) is 66.0 Å². The van der Waals surface area contributed by atoms with E-state index in [1.54, 1.807) is 35.9 Å². The number of hydrogen-bond acceptors (Lipinski definition) is 3. The van der Waals surface area contributed by atoms with Crippen molar-refractivity contribution in [3.63, 3.8) is 0 Å². The molecule has 3 aromatic rings. The third kappa shape index (κ3) is 2.45. The van der Waals surface area contributed by atoms with Gasteiger partial charge in [-0.2, -0.15) is 0 Å². The molecule has 0 amide bonds. The van der Waals surface area contributed by atoms with Crippen LogP contribution in [0.1, 0.15) is 22.8 Å². The summed E-state index contributed by atoms with van der Waals surface area (Å²) in [5, 5.41) is 19.2. The number of nitrogens with zero attached hydrogens (tertiary/aromatic N) is 2. The summed E-state index contributed by atoms with van der Waals surface area (Å²) in [4.78, 5) is 11.7. The number of aryl methyl sites for hydroxylation is 1. The molecule has 0 bridgehead atoms. The number of hydrogen-bond donors (Lipinski definition) is 1. The maximum atomic E-state index is 11.7. The Balaban J connectivity index is 2.02. The van der Waals surface area contributed by atoms with Gasteiger partial charge in [-0.15, -0.1) is 0 Å². The molecular weight excluding hydrogens is 331 g/mol. The number of nitriles is 1. The molecule has 1 heterocycles. The van der Waals surface area contributed by atoms with E-state index in [1.165, 1.54) is 0 Å². The molecule has 5 heteroatoms. The summed E-state index contributed by atoms with van der Waals surface area (Å²) in [5.74, 6) is 0.